The Balaban J connectivity index is 1.49. The van der Waals surface area contributed by atoms with Gasteiger partial charge in [0.25, 0.3) is 0 Å². The number of anilines is 1. The van der Waals surface area contributed by atoms with E-state index in [9.17, 15) is 21.6 Å². The highest BCUT2D eigenvalue weighted by atomic mass is 32.2. The molecular weight excluding hydrogens is 443 g/mol. The van der Waals surface area contributed by atoms with Crippen LogP contribution < -0.4 is 9.50 Å². The van der Waals surface area contributed by atoms with E-state index in [4.69, 9.17) is 0 Å². The maximum atomic E-state index is 15.3. The Morgan fingerprint density at radius 2 is 1.61 bits per heavy atom. The van der Waals surface area contributed by atoms with Gasteiger partial charge in [0.2, 0.25) is 5.88 Å². The summed E-state index contributed by atoms with van der Waals surface area (Å²) in [6, 6.07) is 0. The first kappa shape index (κ1) is 21.2. The lowest BCUT2D eigenvalue weighted by Crippen LogP contribution is -2.65. The number of halogens is 5. The highest BCUT2D eigenvalue weighted by Crippen LogP contribution is 2.63. The molecule has 5 aliphatic carbocycles. The SMILES string of the molecule is O=S(=O)(Oc1ncc(NC23CC4CC(F)(CC(F)(C4)C2)C3)c2c1CCCC2)C(F)(F)F. The number of rotatable bonds is 4. The van der Waals surface area contributed by atoms with Gasteiger partial charge in [-0.15, -0.1) is 0 Å². The first-order chi connectivity index (χ1) is 14.3. The van der Waals surface area contributed by atoms with Crippen molar-refractivity contribution in [3.8, 4) is 5.88 Å². The third kappa shape index (κ3) is 3.56. The van der Waals surface area contributed by atoms with Crippen molar-refractivity contribution in [3.63, 3.8) is 0 Å². The Hall–Kier alpha value is -1.65. The van der Waals surface area contributed by atoms with Gasteiger partial charge in [-0.25, -0.2) is 13.8 Å². The number of hydrogen-bond acceptors (Lipinski definition) is 5. The van der Waals surface area contributed by atoms with E-state index in [-0.39, 0.29) is 25.2 Å². The van der Waals surface area contributed by atoms with E-state index in [2.05, 4.69) is 14.5 Å². The summed E-state index contributed by atoms with van der Waals surface area (Å²) in [5.74, 6) is -0.630. The van der Waals surface area contributed by atoms with Crippen molar-refractivity contribution in [3.05, 3.63) is 17.3 Å². The smallest absolute Gasteiger partial charge is 0.378 e. The summed E-state index contributed by atoms with van der Waals surface area (Å²) in [4.78, 5) is 3.87. The molecule has 2 atom stereocenters. The van der Waals surface area contributed by atoms with Crippen LogP contribution in [-0.4, -0.2) is 35.8 Å². The van der Waals surface area contributed by atoms with Gasteiger partial charge in [0, 0.05) is 30.4 Å². The number of pyridine rings is 1. The molecule has 4 fully saturated rings. The molecule has 4 bridgehead atoms. The Kier molecular flexibility index (Phi) is 4.41. The summed E-state index contributed by atoms with van der Waals surface area (Å²) in [5.41, 5.74) is -8.03. The minimum Gasteiger partial charge on any atom is -0.378 e. The Bertz CT molecular complexity index is 1010. The maximum Gasteiger partial charge on any atom is 0.534 e. The molecule has 4 saturated carbocycles. The van der Waals surface area contributed by atoms with Gasteiger partial charge in [-0.3, -0.25) is 0 Å². The van der Waals surface area contributed by atoms with Gasteiger partial charge in [-0.05, 0) is 56.4 Å². The summed E-state index contributed by atoms with van der Waals surface area (Å²) in [5, 5.41) is 3.32. The van der Waals surface area contributed by atoms with E-state index in [0.29, 0.717) is 55.3 Å². The summed E-state index contributed by atoms with van der Waals surface area (Å²) in [7, 11) is -5.84. The minimum atomic E-state index is -5.84. The highest BCUT2D eigenvalue weighted by molar-refractivity contribution is 7.87. The average molecular weight is 466 g/mol. The number of hydrogen-bond donors (Lipinski definition) is 1. The second-order valence-corrected chi connectivity index (χ2v) is 11.4. The molecule has 1 heterocycles. The van der Waals surface area contributed by atoms with Crippen LogP contribution >= 0.6 is 0 Å². The quantitative estimate of drug-likeness (QED) is 0.394. The first-order valence-electron chi connectivity index (χ1n) is 10.5. The molecule has 0 saturated heterocycles. The van der Waals surface area contributed by atoms with Crippen molar-refractivity contribution >= 4 is 15.8 Å². The van der Waals surface area contributed by atoms with Crippen molar-refractivity contribution in [1.29, 1.82) is 0 Å². The number of alkyl halides is 5. The molecule has 0 radical (unpaired) electrons. The molecule has 2 unspecified atom stereocenters. The topological polar surface area (TPSA) is 68.3 Å². The molecule has 172 valence electrons. The monoisotopic (exact) mass is 466 g/mol. The third-order valence-electron chi connectivity index (χ3n) is 7.17. The summed E-state index contributed by atoms with van der Waals surface area (Å²) < 4.78 is 96.2. The molecule has 0 spiro atoms. The second kappa shape index (κ2) is 6.45. The molecule has 0 aliphatic heterocycles. The van der Waals surface area contributed by atoms with Crippen LogP contribution in [0.3, 0.4) is 0 Å². The Morgan fingerprint density at radius 1 is 1.00 bits per heavy atom. The second-order valence-electron chi connectivity index (χ2n) is 9.84. The van der Waals surface area contributed by atoms with E-state index in [1.165, 1.54) is 6.20 Å². The molecule has 6 rings (SSSR count). The van der Waals surface area contributed by atoms with Gasteiger partial charge in [-0.2, -0.15) is 21.6 Å². The molecule has 1 aromatic heterocycles. The van der Waals surface area contributed by atoms with Crippen molar-refractivity contribution in [2.75, 3.05) is 5.32 Å². The van der Waals surface area contributed by atoms with Crippen molar-refractivity contribution in [2.45, 2.75) is 86.6 Å². The lowest BCUT2D eigenvalue weighted by molar-refractivity contribution is -0.137. The lowest BCUT2D eigenvalue weighted by atomic mass is 9.50. The van der Waals surface area contributed by atoms with E-state index in [1.54, 1.807) is 0 Å². The van der Waals surface area contributed by atoms with Gasteiger partial charge in [0.1, 0.15) is 11.3 Å². The number of aromatic nitrogens is 1. The standard InChI is InChI=1S/C20H23F5N2O3S/c21-17-5-12-6-18(22,9-17)11-19(7-12,10-17)27-15-8-26-16(14-4-2-1-3-13(14)15)30-31(28,29)20(23,24)25/h8,12,27H,1-7,9-11H2. The average Bonchev–Trinajstić information content (AvgIpc) is 2.59. The normalized spacial score (nSPS) is 36.9. The van der Waals surface area contributed by atoms with Crippen LogP contribution in [-0.2, 0) is 23.0 Å². The number of nitrogens with zero attached hydrogens (tertiary/aromatic N) is 1. The van der Waals surface area contributed by atoms with Crippen molar-refractivity contribution < 1.29 is 34.6 Å². The number of fused-ring (bicyclic) bond motifs is 1. The van der Waals surface area contributed by atoms with Crippen LogP contribution in [0.25, 0.3) is 0 Å². The zero-order valence-electron chi connectivity index (χ0n) is 16.7. The van der Waals surface area contributed by atoms with Gasteiger partial charge >= 0.3 is 15.6 Å². The molecule has 1 aromatic rings. The zero-order valence-corrected chi connectivity index (χ0v) is 17.5. The van der Waals surface area contributed by atoms with Crippen LogP contribution in [0, 0.1) is 5.92 Å². The fraction of sp³-hybridized carbons (Fsp3) is 0.750. The summed E-state index contributed by atoms with van der Waals surface area (Å²) >= 11 is 0. The summed E-state index contributed by atoms with van der Waals surface area (Å²) in [6.45, 7) is 0. The van der Waals surface area contributed by atoms with E-state index < -0.39 is 38.4 Å². The van der Waals surface area contributed by atoms with Gasteiger partial charge in [-0.1, -0.05) is 0 Å². The zero-order chi connectivity index (χ0) is 22.3. The van der Waals surface area contributed by atoms with E-state index >= 15 is 8.78 Å². The maximum absolute atomic E-state index is 15.3. The Labute approximate surface area is 176 Å². The van der Waals surface area contributed by atoms with Gasteiger partial charge in [0.15, 0.2) is 0 Å². The molecule has 1 N–H and O–H groups in total. The molecule has 5 nitrogen and oxygen atoms in total. The summed E-state index contributed by atoms with van der Waals surface area (Å²) in [6.07, 6.45) is 5.07. The molecule has 31 heavy (non-hydrogen) atoms. The van der Waals surface area contributed by atoms with Crippen LogP contribution in [0.4, 0.5) is 27.6 Å². The molecule has 11 heteroatoms. The predicted molar refractivity (Wildman–Crippen MR) is 102 cm³/mol. The first-order valence-corrected chi connectivity index (χ1v) is 11.9. The molecule has 0 amide bonds. The fourth-order valence-corrected chi connectivity index (χ4v) is 7.12. The highest BCUT2D eigenvalue weighted by Gasteiger charge is 2.65. The van der Waals surface area contributed by atoms with Crippen molar-refractivity contribution in [1.82, 2.24) is 4.98 Å². The van der Waals surface area contributed by atoms with Crippen LogP contribution in [0.1, 0.15) is 62.5 Å². The van der Waals surface area contributed by atoms with Crippen LogP contribution in [0.2, 0.25) is 0 Å². The minimum absolute atomic E-state index is 0.0536. The molecule has 0 aromatic carbocycles. The molecule has 5 aliphatic rings. The fourth-order valence-electron chi connectivity index (χ4n) is 6.68. The third-order valence-corrected chi connectivity index (χ3v) is 8.11. The van der Waals surface area contributed by atoms with Crippen molar-refractivity contribution in [2.24, 2.45) is 5.92 Å². The number of nitrogens with one attached hydrogen (secondary N) is 1. The van der Waals surface area contributed by atoms with Crippen LogP contribution in [0.5, 0.6) is 5.88 Å². The van der Waals surface area contributed by atoms with Gasteiger partial charge < -0.3 is 9.50 Å². The predicted octanol–water partition coefficient (Wildman–Crippen LogP) is 4.75. The van der Waals surface area contributed by atoms with E-state index in [1.807, 2.05) is 0 Å². The van der Waals surface area contributed by atoms with Gasteiger partial charge in [0.05, 0.1) is 11.9 Å². The molecular formula is C20H23F5N2O3S. The largest absolute Gasteiger partial charge is 0.534 e. The van der Waals surface area contributed by atoms with Crippen LogP contribution in [0.15, 0.2) is 6.20 Å². The lowest BCUT2D eigenvalue weighted by Gasteiger charge is -2.61. The van der Waals surface area contributed by atoms with E-state index in [0.717, 1.165) is 6.42 Å². The Morgan fingerprint density at radius 3 is 2.19 bits per heavy atom.